The predicted octanol–water partition coefficient (Wildman–Crippen LogP) is 3.96. The average molecular weight is 395 g/mol. The van der Waals surface area contributed by atoms with E-state index < -0.39 is 0 Å². The normalized spacial score (nSPS) is 11.8. The Labute approximate surface area is 168 Å². The van der Waals surface area contributed by atoms with Crippen molar-refractivity contribution >= 4 is 29.1 Å². The molecule has 6 nitrogen and oxygen atoms in total. The van der Waals surface area contributed by atoms with Crippen LogP contribution in [-0.2, 0) is 11.3 Å². The number of nitrogens with one attached hydrogen (secondary N) is 1. The minimum Gasteiger partial charge on any atom is -0.325 e. The molecule has 3 aromatic rings. The number of carbonyl (C=O) groups is 2. The molecule has 3 rings (SSSR count). The van der Waals surface area contributed by atoms with Gasteiger partial charge in [-0.3, -0.25) is 9.59 Å². The van der Waals surface area contributed by atoms with Crippen LogP contribution in [0, 0.1) is 6.92 Å². The molecular weight excluding hydrogens is 372 g/mol. The lowest BCUT2D eigenvalue weighted by atomic mass is 10.1. The van der Waals surface area contributed by atoms with Gasteiger partial charge in [0.2, 0.25) is 5.91 Å². The highest BCUT2D eigenvalue weighted by Crippen LogP contribution is 2.24. The van der Waals surface area contributed by atoms with Crippen LogP contribution in [0.25, 0.3) is 0 Å². The number of Topliss-reactive ketones (excluding diaryl/α,β-unsaturated/α-hetero) is 1. The zero-order chi connectivity index (χ0) is 20.1. The highest BCUT2D eigenvalue weighted by Gasteiger charge is 2.19. The van der Waals surface area contributed by atoms with Gasteiger partial charge in [0, 0.05) is 11.3 Å². The summed E-state index contributed by atoms with van der Waals surface area (Å²) < 4.78 is 2.00. The van der Waals surface area contributed by atoms with Crippen molar-refractivity contribution in [1.29, 1.82) is 0 Å². The predicted molar refractivity (Wildman–Crippen MR) is 111 cm³/mol. The van der Waals surface area contributed by atoms with Gasteiger partial charge in [0.15, 0.2) is 10.9 Å². The topological polar surface area (TPSA) is 76.9 Å². The zero-order valence-electron chi connectivity index (χ0n) is 16.0. The highest BCUT2D eigenvalue weighted by molar-refractivity contribution is 8.00. The first-order valence-electron chi connectivity index (χ1n) is 8.96. The van der Waals surface area contributed by atoms with Crippen LogP contribution in [0.4, 0.5) is 5.69 Å². The Balaban J connectivity index is 1.69. The second-order valence-electron chi connectivity index (χ2n) is 6.49. The van der Waals surface area contributed by atoms with E-state index in [0.29, 0.717) is 23.0 Å². The summed E-state index contributed by atoms with van der Waals surface area (Å²) in [6, 6.07) is 17.0. The van der Waals surface area contributed by atoms with Gasteiger partial charge in [-0.15, -0.1) is 10.2 Å². The summed E-state index contributed by atoms with van der Waals surface area (Å²) in [6.07, 6.45) is 0. The molecular formula is C21H22N4O2S. The van der Waals surface area contributed by atoms with Crippen molar-refractivity contribution in [1.82, 2.24) is 14.8 Å². The van der Waals surface area contributed by atoms with E-state index in [9.17, 15) is 9.59 Å². The third-order valence-corrected chi connectivity index (χ3v) is 5.35. The summed E-state index contributed by atoms with van der Waals surface area (Å²) in [5.74, 6) is 0.605. The Bertz CT molecular complexity index is 985. The van der Waals surface area contributed by atoms with Crippen LogP contribution in [0.5, 0.6) is 0 Å². The van der Waals surface area contributed by atoms with Crippen LogP contribution in [0.2, 0.25) is 0 Å². The lowest BCUT2D eigenvalue weighted by Crippen LogP contribution is -2.23. The molecule has 0 unspecified atom stereocenters. The molecule has 1 heterocycles. The quantitative estimate of drug-likeness (QED) is 0.485. The molecule has 7 heteroatoms. The third kappa shape index (κ3) is 4.86. The molecule has 0 fully saturated rings. The Morgan fingerprint density at radius 3 is 2.57 bits per heavy atom. The van der Waals surface area contributed by atoms with Gasteiger partial charge < -0.3 is 9.88 Å². The van der Waals surface area contributed by atoms with Crippen molar-refractivity contribution in [3.05, 3.63) is 71.5 Å². The maximum atomic E-state index is 12.6. The van der Waals surface area contributed by atoms with Crippen molar-refractivity contribution in [3.8, 4) is 0 Å². The Hall–Kier alpha value is -2.93. The molecule has 1 amide bonds. The number of aryl methyl sites for hydroxylation is 1. The van der Waals surface area contributed by atoms with Crippen LogP contribution in [0.1, 0.15) is 35.6 Å². The maximum Gasteiger partial charge on any atom is 0.237 e. The van der Waals surface area contributed by atoms with Crippen LogP contribution >= 0.6 is 11.8 Å². The molecule has 0 bridgehead atoms. The summed E-state index contributed by atoms with van der Waals surface area (Å²) in [7, 11) is 0. The molecule has 1 N–H and O–H groups in total. The van der Waals surface area contributed by atoms with Gasteiger partial charge in [-0.2, -0.15) is 0 Å². The Kier molecular flexibility index (Phi) is 6.26. The molecule has 1 aromatic heterocycles. The van der Waals surface area contributed by atoms with E-state index in [1.165, 1.54) is 18.7 Å². The molecule has 0 saturated carbocycles. The number of hydrogen-bond donors (Lipinski definition) is 1. The molecule has 0 radical (unpaired) electrons. The van der Waals surface area contributed by atoms with Crippen LogP contribution in [-0.4, -0.2) is 31.7 Å². The van der Waals surface area contributed by atoms with E-state index >= 15 is 0 Å². The first-order valence-corrected chi connectivity index (χ1v) is 9.84. The number of ketones is 1. The molecule has 0 aliphatic rings. The lowest BCUT2D eigenvalue weighted by Gasteiger charge is -2.13. The van der Waals surface area contributed by atoms with Crippen molar-refractivity contribution in [2.75, 3.05) is 5.32 Å². The number of amides is 1. The van der Waals surface area contributed by atoms with E-state index in [0.717, 1.165) is 11.4 Å². The Morgan fingerprint density at radius 1 is 1.11 bits per heavy atom. The van der Waals surface area contributed by atoms with Gasteiger partial charge in [-0.05, 0) is 38.5 Å². The van der Waals surface area contributed by atoms with Crippen molar-refractivity contribution in [2.45, 2.75) is 37.7 Å². The number of aromatic nitrogens is 3. The number of carbonyl (C=O) groups excluding carboxylic acids is 2. The second-order valence-corrected chi connectivity index (χ2v) is 7.80. The molecule has 28 heavy (non-hydrogen) atoms. The molecule has 0 aliphatic heterocycles. The fourth-order valence-electron chi connectivity index (χ4n) is 2.67. The number of anilines is 1. The van der Waals surface area contributed by atoms with Crippen molar-refractivity contribution < 1.29 is 9.59 Å². The minimum atomic E-state index is -0.376. The van der Waals surface area contributed by atoms with E-state index in [1.54, 1.807) is 24.3 Å². The van der Waals surface area contributed by atoms with Crippen LogP contribution < -0.4 is 5.32 Å². The standard InChI is InChI=1S/C21H22N4O2S/c1-14(26)18-10-7-11-19(12-18)22-20(27)15(2)28-21-24-23-16(3)25(21)13-17-8-5-4-6-9-17/h4-12,15H,13H2,1-3H3,(H,22,27)/t15-/m0/s1. The SMILES string of the molecule is CC(=O)c1cccc(NC(=O)[C@H](C)Sc2nnc(C)n2Cc2ccccc2)c1. The summed E-state index contributed by atoms with van der Waals surface area (Å²) in [5, 5.41) is 11.6. The van der Waals surface area contributed by atoms with Gasteiger partial charge in [-0.1, -0.05) is 54.2 Å². The molecule has 0 aliphatic carbocycles. The molecule has 0 saturated heterocycles. The molecule has 144 valence electrons. The monoisotopic (exact) mass is 394 g/mol. The first-order chi connectivity index (χ1) is 13.4. The van der Waals surface area contributed by atoms with E-state index in [-0.39, 0.29) is 16.9 Å². The molecule has 2 aromatic carbocycles. The average Bonchev–Trinajstić information content (AvgIpc) is 3.02. The number of nitrogens with zero attached hydrogens (tertiary/aromatic N) is 3. The number of thioether (sulfide) groups is 1. The van der Waals surface area contributed by atoms with Gasteiger partial charge in [0.25, 0.3) is 0 Å². The Morgan fingerprint density at radius 2 is 1.86 bits per heavy atom. The maximum absolute atomic E-state index is 12.6. The van der Waals surface area contributed by atoms with E-state index in [4.69, 9.17) is 0 Å². The number of hydrogen-bond acceptors (Lipinski definition) is 5. The number of benzene rings is 2. The summed E-state index contributed by atoms with van der Waals surface area (Å²) in [5.41, 5.74) is 2.31. The van der Waals surface area contributed by atoms with E-state index in [2.05, 4.69) is 15.5 Å². The van der Waals surface area contributed by atoms with Crippen LogP contribution in [0.15, 0.2) is 59.8 Å². The summed E-state index contributed by atoms with van der Waals surface area (Å²) >= 11 is 1.36. The second kappa shape index (κ2) is 8.84. The molecule has 1 atom stereocenters. The van der Waals surface area contributed by atoms with Gasteiger partial charge in [0.1, 0.15) is 5.82 Å². The highest BCUT2D eigenvalue weighted by atomic mass is 32.2. The number of rotatable bonds is 7. The first kappa shape index (κ1) is 19.8. The van der Waals surface area contributed by atoms with Gasteiger partial charge >= 0.3 is 0 Å². The fraction of sp³-hybridized carbons (Fsp3) is 0.238. The minimum absolute atomic E-state index is 0.0389. The molecule has 0 spiro atoms. The largest absolute Gasteiger partial charge is 0.325 e. The summed E-state index contributed by atoms with van der Waals surface area (Å²) in [6.45, 7) is 5.88. The smallest absolute Gasteiger partial charge is 0.237 e. The van der Waals surface area contributed by atoms with E-state index in [1.807, 2.05) is 48.7 Å². The third-order valence-electron chi connectivity index (χ3n) is 4.27. The van der Waals surface area contributed by atoms with Crippen molar-refractivity contribution in [2.24, 2.45) is 0 Å². The lowest BCUT2D eigenvalue weighted by molar-refractivity contribution is -0.115. The van der Waals surface area contributed by atoms with Gasteiger partial charge in [0.05, 0.1) is 11.8 Å². The zero-order valence-corrected chi connectivity index (χ0v) is 16.9. The van der Waals surface area contributed by atoms with Crippen LogP contribution in [0.3, 0.4) is 0 Å². The summed E-state index contributed by atoms with van der Waals surface area (Å²) in [4.78, 5) is 24.1. The fourth-order valence-corrected chi connectivity index (χ4v) is 3.56. The van der Waals surface area contributed by atoms with Crippen molar-refractivity contribution in [3.63, 3.8) is 0 Å². The van der Waals surface area contributed by atoms with Gasteiger partial charge in [-0.25, -0.2) is 0 Å².